The normalized spacial score (nSPS) is 11.5. The van der Waals surface area contributed by atoms with E-state index in [1.54, 1.807) is 13.0 Å². The summed E-state index contributed by atoms with van der Waals surface area (Å²) in [6, 6.07) is 1.64. The molecule has 0 atom stereocenters. The molecule has 2 aromatic rings. The van der Waals surface area contributed by atoms with E-state index in [4.69, 9.17) is 10.4 Å². The third kappa shape index (κ3) is 3.24. The number of hydrazine groups is 1. The molecule has 19 heavy (non-hydrogen) atoms. The molecule has 0 amide bonds. The second-order valence-corrected chi connectivity index (χ2v) is 5.41. The summed E-state index contributed by atoms with van der Waals surface area (Å²) in [5, 5.41) is 3.66. The summed E-state index contributed by atoms with van der Waals surface area (Å²) < 4.78 is 31.1. The van der Waals surface area contributed by atoms with Crippen LogP contribution in [0.5, 0.6) is 0 Å². The Morgan fingerprint density at radius 1 is 1.37 bits per heavy atom. The topological polar surface area (TPSA) is 136 Å². The van der Waals surface area contributed by atoms with Crippen LogP contribution in [0.4, 0.5) is 5.95 Å². The van der Waals surface area contributed by atoms with Gasteiger partial charge in [0.2, 0.25) is 16.0 Å². The van der Waals surface area contributed by atoms with Gasteiger partial charge in [-0.15, -0.1) is 0 Å². The van der Waals surface area contributed by atoms with Crippen LogP contribution in [-0.2, 0) is 16.6 Å². The number of rotatable bonds is 5. The van der Waals surface area contributed by atoms with Gasteiger partial charge >= 0.3 is 0 Å². The highest BCUT2D eigenvalue weighted by molar-refractivity contribution is 7.89. The second kappa shape index (κ2) is 5.30. The van der Waals surface area contributed by atoms with E-state index >= 15 is 0 Å². The Bertz CT molecular complexity index is 651. The molecule has 4 N–H and O–H groups in total. The predicted molar refractivity (Wildman–Crippen MR) is 65.1 cm³/mol. The Kier molecular flexibility index (Phi) is 3.74. The van der Waals surface area contributed by atoms with Crippen LogP contribution in [0, 0.1) is 6.92 Å². The zero-order chi connectivity index (χ0) is 13.9. The molecule has 0 aliphatic carbocycles. The predicted octanol–water partition coefficient (Wildman–Crippen LogP) is -0.463. The average Bonchev–Trinajstić information content (AvgIpc) is 2.82. The first-order valence-corrected chi connectivity index (χ1v) is 6.70. The van der Waals surface area contributed by atoms with Crippen molar-refractivity contribution in [3.8, 4) is 0 Å². The molecule has 0 aliphatic heterocycles. The lowest BCUT2D eigenvalue weighted by Gasteiger charge is -2.04. The minimum atomic E-state index is -3.71. The number of hydrogen-bond donors (Lipinski definition) is 3. The van der Waals surface area contributed by atoms with E-state index in [-0.39, 0.29) is 17.4 Å². The number of nitrogens with zero attached hydrogens (tertiary/aromatic N) is 3. The lowest BCUT2D eigenvalue weighted by molar-refractivity contribution is 0.377. The molecule has 0 saturated heterocycles. The SMILES string of the molecule is Cc1cc(CNS(=O)(=O)c2cnc(NN)nc2)on1. The molecule has 0 saturated carbocycles. The van der Waals surface area contributed by atoms with Crippen molar-refractivity contribution in [1.82, 2.24) is 19.8 Å². The third-order valence-electron chi connectivity index (χ3n) is 2.18. The molecule has 0 aromatic carbocycles. The van der Waals surface area contributed by atoms with Crippen LogP contribution in [0.15, 0.2) is 27.9 Å². The lowest BCUT2D eigenvalue weighted by atomic mass is 10.4. The van der Waals surface area contributed by atoms with Crippen molar-refractivity contribution in [1.29, 1.82) is 0 Å². The Hall–Kier alpha value is -2.04. The number of aromatic nitrogens is 3. The van der Waals surface area contributed by atoms with Crippen LogP contribution >= 0.6 is 0 Å². The number of nitrogens with one attached hydrogen (secondary N) is 2. The van der Waals surface area contributed by atoms with Crippen molar-refractivity contribution in [2.45, 2.75) is 18.4 Å². The summed E-state index contributed by atoms with van der Waals surface area (Å²) in [5.74, 6) is 5.63. The van der Waals surface area contributed by atoms with Crippen LogP contribution in [0.3, 0.4) is 0 Å². The second-order valence-electron chi connectivity index (χ2n) is 3.65. The van der Waals surface area contributed by atoms with Crippen molar-refractivity contribution < 1.29 is 12.9 Å². The van der Waals surface area contributed by atoms with Gasteiger partial charge in [0.25, 0.3) is 0 Å². The first-order chi connectivity index (χ1) is 9.01. The van der Waals surface area contributed by atoms with E-state index < -0.39 is 10.0 Å². The van der Waals surface area contributed by atoms with Gasteiger partial charge in [-0.25, -0.2) is 29.0 Å². The number of anilines is 1. The summed E-state index contributed by atoms with van der Waals surface area (Å²) in [6.07, 6.45) is 2.30. The van der Waals surface area contributed by atoms with E-state index in [0.29, 0.717) is 11.5 Å². The quantitative estimate of drug-likeness (QED) is 0.495. The van der Waals surface area contributed by atoms with E-state index in [9.17, 15) is 8.42 Å². The maximum atomic E-state index is 11.9. The summed E-state index contributed by atoms with van der Waals surface area (Å²) in [4.78, 5) is 7.37. The summed E-state index contributed by atoms with van der Waals surface area (Å²) in [5.41, 5.74) is 2.88. The van der Waals surface area contributed by atoms with Gasteiger partial charge in [-0.2, -0.15) is 0 Å². The molecule has 0 unspecified atom stereocenters. The van der Waals surface area contributed by atoms with Gasteiger partial charge in [0, 0.05) is 6.07 Å². The maximum absolute atomic E-state index is 11.9. The van der Waals surface area contributed by atoms with Gasteiger partial charge in [-0.1, -0.05) is 5.16 Å². The summed E-state index contributed by atoms with van der Waals surface area (Å²) in [7, 11) is -3.71. The molecular formula is C9H12N6O3S. The van der Waals surface area contributed by atoms with Gasteiger partial charge in [-0.3, -0.25) is 5.43 Å². The molecule has 9 nitrogen and oxygen atoms in total. The fourth-order valence-corrected chi connectivity index (χ4v) is 2.16. The zero-order valence-electron chi connectivity index (χ0n) is 9.99. The Labute approximate surface area is 109 Å². The standard InChI is InChI=1S/C9H12N6O3S/c1-6-2-7(18-15-6)3-13-19(16,17)8-4-11-9(14-10)12-5-8/h2,4-5,13H,3,10H2,1H3,(H,11,12,14). The molecular weight excluding hydrogens is 272 g/mol. The maximum Gasteiger partial charge on any atom is 0.244 e. The lowest BCUT2D eigenvalue weighted by Crippen LogP contribution is -2.23. The monoisotopic (exact) mass is 284 g/mol. The van der Waals surface area contributed by atoms with Gasteiger partial charge in [-0.05, 0) is 6.92 Å². The highest BCUT2D eigenvalue weighted by Gasteiger charge is 2.16. The molecule has 0 fully saturated rings. The largest absolute Gasteiger partial charge is 0.360 e. The highest BCUT2D eigenvalue weighted by Crippen LogP contribution is 2.08. The van der Waals surface area contributed by atoms with Crippen molar-refractivity contribution in [2.75, 3.05) is 5.43 Å². The zero-order valence-corrected chi connectivity index (χ0v) is 10.8. The fraction of sp³-hybridized carbons (Fsp3) is 0.222. The van der Waals surface area contributed by atoms with Crippen LogP contribution in [0.1, 0.15) is 11.5 Å². The minimum absolute atomic E-state index is 0.0000631. The van der Waals surface area contributed by atoms with Crippen LogP contribution < -0.4 is 16.0 Å². The van der Waals surface area contributed by atoms with Gasteiger partial charge in [0.1, 0.15) is 4.90 Å². The van der Waals surface area contributed by atoms with Crippen molar-refractivity contribution in [3.63, 3.8) is 0 Å². The number of nitrogens with two attached hydrogens (primary N) is 1. The number of aryl methyl sites for hydroxylation is 1. The Morgan fingerprint density at radius 3 is 2.58 bits per heavy atom. The minimum Gasteiger partial charge on any atom is -0.360 e. The van der Waals surface area contributed by atoms with Crippen molar-refractivity contribution in [3.05, 3.63) is 29.9 Å². The summed E-state index contributed by atoms with van der Waals surface area (Å²) in [6.45, 7) is 1.74. The van der Waals surface area contributed by atoms with E-state index in [1.165, 1.54) is 0 Å². The molecule has 2 rings (SSSR count). The first-order valence-electron chi connectivity index (χ1n) is 5.22. The van der Waals surface area contributed by atoms with E-state index in [1.807, 2.05) is 0 Å². The van der Waals surface area contributed by atoms with Crippen LogP contribution in [0.25, 0.3) is 0 Å². The molecule has 0 aliphatic rings. The molecule has 0 bridgehead atoms. The van der Waals surface area contributed by atoms with Gasteiger partial charge in [0.05, 0.1) is 24.6 Å². The number of nitrogen functional groups attached to an aromatic ring is 1. The summed E-state index contributed by atoms with van der Waals surface area (Å²) >= 11 is 0. The van der Waals surface area contributed by atoms with Crippen LogP contribution in [0.2, 0.25) is 0 Å². The molecule has 102 valence electrons. The third-order valence-corrected chi connectivity index (χ3v) is 3.54. The van der Waals surface area contributed by atoms with Gasteiger partial charge < -0.3 is 4.52 Å². The van der Waals surface area contributed by atoms with Gasteiger partial charge in [0.15, 0.2) is 5.76 Å². The van der Waals surface area contributed by atoms with E-state index in [0.717, 1.165) is 12.4 Å². The fourth-order valence-electron chi connectivity index (χ4n) is 1.28. The molecule has 10 heteroatoms. The number of hydrogen-bond acceptors (Lipinski definition) is 8. The Morgan fingerprint density at radius 2 is 2.05 bits per heavy atom. The van der Waals surface area contributed by atoms with Crippen LogP contribution in [-0.4, -0.2) is 23.5 Å². The highest BCUT2D eigenvalue weighted by atomic mass is 32.2. The first kappa shape index (κ1) is 13.4. The Balaban J connectivity index is 2.09. The molecule has 0 radical (unpaired) electrons. The molecule has 2 aromatic heterocycles. The number of sulfonamides is 1. The van der Waals surface area contributed by atoms with E-state index in [2.05, 4.69) is 25.3 Å². The molecule has 2 heterocycles. The van der Waals surface area contributed by atoms with Crippen molar-refractivity contribution >= 4 is 16.0 Å². The molecule has 0 spiro atoms. The smallest absolute Gasteiger partial charge is 0.244 e. The average molecular weight is 284 g/mol. The van der Waals surface area contributed by atoms with Crippen molar-refractivity contribution in [2.24, 2.45) is 5.84 Å².